The van der Waals surface area contributed by atoms with Crippen molar-refractivity contribution in [3.05, 3.63) is 29.8 Å². The summed E-state index contributed by atoms with van der Waals surface area (Å²) in [4.78, 5) is 13.8. The van der Waals surface area contributed by atoms with Crippen LogP contribution in [-0.2, 0) is 11.2 Å². The molecule has 1 aromatic carbocycles. The lowest BCUT2D eigenvalue weighted by Crippen LogP contribution is -2.33. The first-order valence-electron chi connectivity index (χ1n) is 6.24. The summed E-state index contributed by atoms with van der Waals surface area (Å²) in [7, 11) is 0. The molecule has 3 heteroatoms. The van der Waals surface area contributed by atoms with Gasteiger partial charge in [-0.1, -0.05) is 18.2 Å². The summed E-state index contributed by atoms with van der Waals surface area (Å²) in [5.41, 5.74) is 2.25. The van der Waals surface area contributed by atoms with Gasteiger partial charge in [-0.3, -0.25) is 4.90 Å². The zero-order valence-electron chi connectivity index (χ0n) is 10.5. The van der Waals surface area contributed by atoms with Gasteiger partial charge in [-0.05, 0) is 44.7 Å². The van der Waals surface area contributed by atoms with E-state index in [1.54, 1.807) is 4.90 Å². The van der Waals surface area contributed by atoms with E-state index in [2.05, 4.69) is 6.07 Å². The second-order valence-electron chi connectivity index (χ2n) is 4.67. The van der Waals surface area contributed by atoms with Crippen LogP contribution in [-0.4, -0.2) is 18.7 Å². The van der Waals surface area contributed by atoms with Crippen LogP contribution in [0, 0.1) is 0 Å². The van der Waals surface area contributed by atoms with Crippen LogP contribution in [0.2, 0.25) is 0 Å². The highest BCUT2D eigenvalue weighted by molar-refractivity contribution is 5.88. The molecule has 0 saturated carbocycles. The third-order valence-corrected chi connectivity index (χ3v) is 2.92. The van der Waals surface area contributed by atoms with Crippen molar-refractivity contribution in [1.82, 2.24) is 0 Å². The maximum Gasteiger partial charge on any atom is 0.414 e. The van der Waals surface area contributed by atoms with Gasteiger partial charge in [0.05, 0.1) is 11.8 Å². The zero-order chi connectivity index (χ0) is 12.3. The lowest BCUT2D eigenvalue weighted by Gasteiger charge is -2.23. The van der Waals surface area contributed by atoms with E-state index in [9.17, 15) is 4.79 Å². The van der Waals surface area contributed by atoms with E-state index < -0.39 is 0 Å². The van der Waals surface area contributed by atoms with Crippen molar-refractivity contribution >= 4 is 11.8 Å². The van der Waals surface area contributed by atoms with Gasteiger partial charge in [0.15, 0.2) is 0 Å². The summed E-state index contributed by atoms with van der Waals surface area (Å²) in [6, 6.07) is 8.09. The molecule has 0 atom stereocenters. The van der Waals surface area contributed by atoms with E-state index in [1.165, 1.54) is 5.56 Å². The number of benzene rings is 1. The van der Waals surface area contributed by atoms with Gasteiger partial charge in [-0.15, -0.1) is 0 Å². The Morgan fingerprint density at radius 2 is 2.06 bits per heavy atom. The predicted octanol–water partition coefficient (Wildman–Crippen LogP) is 3.37. The van der Waals surface area contributed by atoms with Gasteiger partial charge in [0, 0.05) is 6.54 Å². The molecule has 17 heavy (non-hydrogen) atoms. The van der Waals surface area contributed by atoms with E-state index >= 15 is 0 Å². The molecule has 0 bridgehead atoms. The number of nitrogens with zero attached hydrogens (tertiary/aromatic N) is 1. The number of amides is 1. The van der Waals surface area contributed by atoms with Crippen LogP contribution in [0.5, 0.6) is 0 Å². The van der Waals surface area contributed by atoms with Crippen LogP contribution < -0.4 is 4.90 Å². The van der Waals surface area contributed by atoms with Crippen LogP contribution in [0.1, 0.15) is 32.3 Å². The lowest BCUT2D eigenvalue weighted by atomic mass is 10.1. The number of para-hydroxylation sites is 1. The first-order chi connectivity index (χ1) is 8.18. The van der Waals surface area contributed by atoms with Crippen molar-refractivity contribution in [2.75, 3.05) is 11.4 Å². The number of carbonyl (C=O) groups is 1. The van der Waals surface area contributed by atoms with Gasteiger partial charge in [-0.25, -0.2) is 4.79 Å². The number of anilines is 1. The molecule has 1 heterocycles. The third kappa shape index (κ3) is 2.78. The fourth-order valence-electron chi connectivity index (χ4n) is 2.15. The van der Waals surface area contributed by atoms with Gasteiger partial charge < -0.3 is 4.74 Å². The molecular formula is C14H19NO2. The molecule has 1 aromatic rings. The Morgan fingerprint density at radius 1 is 1.29 bits per heavy atom. The van der Waals surface area contributed by atoms with E-state index in [0.29, 0.717) is 0 Å². The second-order valence-corrected chi connectivity index (χ2v) is 4.67. The maximum absolute atomic E-state index is 12.0. The first-order valence-corrected chi connectivity index (χ1v) is 6.24. The molecule has 1 aliphatic heterocycles. The molecular weight excluding hydrogens is 214 g/mol. The molecule has 0 fully saturated rings. The number of hydrogen-bond acceptors (Lipinski definition) is 2. The average Bonchev–Trinajstić information content (AvgIpc) is 2.50. The average molecular weight is 233 g/mol. The molecule has 3 nitrogen and oxygen atoms in total. The Kier molecular flexibility index (Phi) is 3.67. The van der Waals surface area contributed by atoms with Crippen molar-refractivity contribution in [3.63, 3.8) is 0 Å². The standard InChI is InChI=1S/C14H19NO2/c1-11(2)17-14(16)15-10-6-5-8-12-7-3-4-9-13(12)15/h3-4,7,9,11H,5-6,8,10H2,1-2H3. The summed E-state index contributed by atoms with van der Waals surface area (Å²) in [6.07, 6.45) is 2.90. The SMILES string of the molecule is CC(C)OC(=O)N1CCCCc2ccccc21. The Labute approximate surface area is 102 Å². The van der Waals surface area contributed by atoms with E-state index in [1.807, 2.05) is 32.0 Å². The molecule has 92 valence electrons. The molecule has 1 aliphatic rings. The molecule has 0 aliphatic carbocycles. The highest BCUT2D eigenvalue weighted by atomic mass is 16.6. The Balaban J connectivity index is 2.25. The Morgan fingerprint density at radius 3 is 2.82 bits per heavy atom. The summed E-state index contributed by atoms with van der Waals surface area (Å²) < 4.78 is 5.29. The van der Waals surface area contributed by atoms with Crippen LogP contribution in [0.15, 0.2) is 24.3 Å². The van der Waals surface area contributed by atoms with Crippen molar-refractivity contribution in [2.45, 2.75) is 39.2 Å². The van der Waals surface area contributed by atoms with Crippen molar-refractivity contribution < 1.29 is 9.53 Å². The van der Waals surface area contributed by atoms with Crippen LogP contribution in [0.25, 0.3) is 0 Å². The number of hydrogen-bond donors (Lipinski definition) is 0. The van der Waals surface area contributed by atoms with Gasteiger partial charge >= 0.3 is 6.09 Å². The Bertz CT molecular complexity index is 401. The molecule has 2 rings (SSSR count). The first kappa shape index (κ1) is 12.0. The minimum atomic E-state index is -0.227. The zero-order valence-corrected chi connectivity index (χ0v) is 10.5. The summed E-state index contributed by atoms with van der Waals surface area (Å²) in [5.74, 6) is 0. The molecule has 0 unspecified atom stereocenters. The van der Waals surface area contributed by atoms with E-state index in [-0.39, 0.29) is 12.2 Å². The lowest BCUT2D eigenvalue weighted by molar-refractivity contribution is 0.122. The summed E-state index contributed by atoms with van der Waals surface area (Å²) in [5, 5.41) is 0. The molecule has 0 N–H and O–H groups in total. The highest BCUT2D eigenvalue weighted by Gasteiger charge is 2.22. The largest absolute Gasteiger partial charge is 0.446 e. The predicted molar refractivity (Wildman–Crippen MR) is 68.3 cm³/mol. The van der Waals surface area contributed by atoms with Crippen LogP contribution >= 0.6 is 0 Å². The van der Waals surface area contributed by atoms with E-state index in [4.69, 9.17) is 4.74 Å². The van der Waals surface area contributed by atoms with Gasteiger partial charge in [0.2, 0.25) is 0 Å². The number of carbonyl (C=O) groups excluding carboxylic acids is 1. The maximum atomic E-state index is 12.0. The quantitative estimate of drug-likeness (QED) is 0.744. The van der Waals surface area contributed by atoms with Gasteiger partial charge in [0.25, 0.3) is 0 Å². The smallest absolute Gasteiger partial charge is 0.414 e. The van der Waals surface area contributed by atoms with Gasteiger partial charge in [-0.2, -0.15) is 0 Å². The van der Waals surface area contributed by atoms with E-state index in [0.717, 1.165) is 31.5 Å². The van der Waals surface area contributed by atoms with Crippen LogP contribution in [0.3, 0.4) is 0 Å². The monoisotopic (exact) mass is 233 g/mol. The number of rotatable bonds is 1. The molecule has 0 saturated heterocycles. The molecule has 0 aromatic heterocycles. The normalized spacial score (nSPS) is 15.4. The summed E-state index contributed by atoms with van der Waals surface area (Å²) >= 11 is 0. The fourth-order valence-corrected chi connectivity index (χ4v) is 2.15. The topological polar surface area (TPSA) is 29.5 Å². The minimum absolute atomic E-state index is 0.0714. The Hall–Kier alpha value is -1.51. The highest BCUT2D eigenvalue weighted by Crippen LogP contribution is 2.26. The number of ether oxygens (including phenoxy) is 1. The van der Waals surface area contributed by atoms with Crippen molar-refractivity contribution in [2.24, 2.45) is 0 Å². The number of aryl methyl sites for hydroxylation is 1. The van der Waals surface area contributed by atoms with Gasteiger partial charge in [0.1, 0.15) is 0 Å². The fraction of sp³-hybridized carbons (Fsp3) is 0.500. The summed E-state index contributed by atoms with van der Waals surface area (Å²) in [6.45, 7) is 4.51. The molecule has 1 amide bonds. The molecule has 0 radical (unpaired) electrons. The molecule has 0 spiro atoms. The number of fused-ring (bicyclic) bond motifs is 1. The minimum Gasteiger partial charge on any atom is -0.446 e. The van der Waals surface area contributed by atoms with Crippen molar-refractivity contribution in [3.8, 4) is 0 Å². The van der Waals surface area contributed by atoms with Crippen molar-refractivity contribution in [1.29, 1.82) is 0 Å². The second kappa shape index (κ2) is 5.21. The third-order valence-electron chi connectivity index (χ3n) is 2.92. The van der Waals surface area contributed by atoms with Crippen LogP contribution in [0.4, 0.5) is 10.5 Å².